The van der Waals surface area contributed by atoms with E-state index in [4.69, 9.17) is 14.8 Å². The van der Waals surface area contributed by atoms with Crippen molar-refractivity contribution in [2.45, 2.75) is 19.0 Å². The van der Waals surface area contributed by atoms with Crippen molar-refractivity contribution in [2.75, 3.05) is 4.72 Å². The van der Waals surface area contributed by atoms with Gasteiger partial charge in [0.2, 0.25) is 0 Å². The van der Waals surface area contributed by atoms with Crippen LogP contribution in [0.25, 0.3) is 0 Å². The maximum Gasteiger partial charge on any atom is 0.408 e. The third kappa shape index (κ3) is 3.41. The summed E-state index contributed by atoms with van der Waals surface area (Å²) in [5.74, 6) is -1.25. The van der Waals surface area contributed by atoms with E-state index < -0.39 is 28.4 Å². The molecule has 1 aliphatic rings. The van der Waals surface area contributed by atoms with Crippen molar-refractivity contribution >= 4 is 28.1 Å². The van der Waals surface area contributed by atoms with Gasteiger partial charge in [-0.15, -0.1) is 0 Å². The first-order valence-corrected chi connectivity index (χ1v) is 7.21. The second kappa shape index (κ2) is 5.22. The van der Waals surface area contributed by atoms with E-state index >= 15 is 0 Å². The minimum Gasteiger partial charge on any atom is -0.480 e. The summed E-state index contributed by atoms with van der Waals surface area (Å²) in [5, 5.41) is 18.1. The number of rotatable bonds is 3. The Morgan fingerprint density at radius 2 is 1.90 bits per heavy atom. The van der Waals surface area contributed by atoms with E-state index in [9.17, 15) is 18.0 Å². The highest BCUT2D eigenvalue weighted by Crippen LogP contribution is 2.26. The lowest BCUT2D eigenvalue weighted by atomic mass is 9.94. The molecular formula is C11H12N2O7S. The number of nitrogens with one attached hydrogen (secondary N) is 1. The normalized spacial score (nSPS) is 18.0. The minimum atomic E-state index is -4.43. The molecule has 0 unspecified atom stereocenters. The molecule has 0 radical (unpaired) electrons. The molecule has 0 fully saturated rings. The zero-order valence-corrected chi connectivity index (χ0v) is 11.4. The molecule has 21 heavy (non-hydrogen) atoms. The Balaban J connectivity index is 2.36. The van der Waals surface area contributed by atoms with Crippen molar-refractivity contribution in [1.82, 2.24) is 4.90 Å². The molecule has 4 N–H and O–H groups in total. The maximum atomic E-state index is 11.1. The molecule has 0 saturated carbocycles. The number of aliphatic carboxylic acids is 1. The van der Waals surface area contributed by atoms with E-state index in [1.807, 2.05) is 4.72 Å². The molecule has 1 amide bonds. The van der Waals surface area contributed by atoms with Gasteiger partial charge in [-0.05, 0) is 23.3 Å². The second-order valence-electron chi connectivity index (χ2n) is 4.53. The van der Waals surface area contributed by atoms with Crippen LogP contribution < -0.4 is 4.72 Å². The summed E-state index contributed by atoms with van der Waals surface area (Å²) in [5.41, 5.74) is 1.15. The van der Waals surface area contributed by atoms with Crippen molar-refractivity contribution in [3.8, 4) is 0 Å². The van der Waals surface area contributed by atoms with Crippen LogP contribution in [0.2, 0.25) is 0 Å². The van der Waals surface area contributed by atoms with Crippen molar-refractivity contribution in [3.63, 3.8) is 0 Å². The summed E-state index contributed by atoms with van der Waals surface area (Å²) >= 11 is 0. The number of carboxylic acid groups (broad SMARTS) is 2. The molecule has 10 heteroatoms. The van der Waals surface area contributed by atoms with Crippen molar-refractivity contribution < 1.29 is 32.8 Å². The topological polar surface area (TPSA) is 144 Å². The van der Waals surface area contributed by atoms with Crippen LogP contribution in [0.1, 0.15) is 11.1 Å². The molecular weight excluding hydrogens is 304 g/mol. The van der Waals surface area contributed by atoms with Gasteiger partial charge in [0.25, 0.3) is 0 Å². The van der Waals surface area contributed by atoms with E-state index in [1.54, 1.807) is 0 Å². The first-order chi connectivity index (χ1) is 9.67. The Labute approximate surface area is 119 Å². The summed E-state index contributed by atoms with van der Waals surface area (Å²) < 4.78 is 32.1. The average molecular weight is 316 g/mol. The first kappa shape index (κ1) is 15.1. The Hall–Kier alpha value is -2.33. The Kier molecular flexibility index (Phi) is 3.75. The van der Waals surface area contributed by atoms with Gasteiger partial charge in [-0.1, -0.05) is 6.07 Å². The zero-order valence-electron chi connectivity index (χ0n) is 10.6. The minimum absolute atomic E-state index is 0.0108. The van der Waals surface area contributed by atoms with Crippen LogP contribution in [0, 0.1) is 0 Å². The van der Waals surface area contributed by atoms with E-state index in [0.717, 1.165) is 4.90 Å². The number of carboxylic acids is 1. The van der Waals surface area contributed by atoms with E-state index in [0.29, 0.717) is 11.1 Å². The lowest BCUT2D eigenvalue weighted by molar-refractivity contribution is -0.143. The summed E-state index contributed by atoms with van der Waals surface area (Å²) in [6.45, 7) is -0.178. The van der Waals surface area contributed by atoms with Gasteiger partial charge in [-0.25, -0.2) is 9.59 Å². The monoisotopic (exact) mass is 316 g/mol. The van der Waals surface area contributed by atoms with Gasteiger partial charge in [0.1, 0.15) is 6.04 Å². The lowest BCUT2D eigenvalue weighted by Crippen LogP contribution is -2.48. The average Bonchev–Trinajstić information content (AvgIpc) is 2.34. The fourth-order valence-corrected chi connectivity index (χ4v) is 2.64. The highest BCUT2D eigenvalue weighted by atomic mass is 32.2. The predicted octanol–water partition coefficient (Wildman–Crippen LogP) is 0.391. The van der Waals surface area contributed by atoms with Gasteiger partial charge in [-0.2, -0.15) is 8.42 Å². The van der Waals surface area contributed by atoms with Crippen LogP contribution in [0.15, 0.2) is 18.2 Å². The number of carbonyl (C=O) groups is 2. The number of hydrogen-bond acceptors (Lipinski definition) is 4. The number of benzene rings is 1. The van der Waals surface area contributed by atoms with Gasteiger partial charge in [0, 0.05) is 6.42 Å². The molecule has 1 aromatic carbocycles. The summed E-state index contributed by atoms with van der Waals surface area (Å²) in [6.07, 6.45) is -1.38. The SMILES string of the molecule is O=C(O)[C@@H]1Cc2ccc(NS(=O)(=O)O)cc2CN1C(=O)O. The Morgan fingerprint density at radius 3 is 2.43 bits per heavy atom. The van der Waals surface area contributed by atoms with E-state index in [1.165, 1.54) is 18.2 Å². The van der Waals surface area contributed by atoms with Crippen LogP contribution in [0.5, 0.6) is 0 Å². The quantitative estimate of drug-likeness (QED) is 0.590. The van der Waals surface area contributed by atoms with E-state index in [2.05, 4.69) is 0 Å². The zero-order chi connectivity index (χ0) is 15.8. The van der Waals surface area contributed by atoms with Crippen molar-refractivity contribution in [2.24, 2.45) is 0 Å². The summed E-state index contributed by atoms with van der Waals surface area (Å²) in [6, 6.07) is 3.03. The summed E-state index contributed by atoms with van der Waals surface area (Å²) in [7, 11) is -4.43. The number of nitrogens with zero attached hydrogens (tertiary/aromatic N) is 1. The standard InChI is InChI=1S/C11H12N2O7S/c14-10(15)9-4-6-1-2-8(12-21(18,19)20)3-7(6)5-13(9)11(16)17/h1-3,9,12H,4-5H2,(H,14,15)(H,16,17)(H,18,19,20)/t9-/m0/s1. The van der Waals surface area contributed by atoms with Crippen LogP contribution in [0.4, 0.5) is 10.5 Å². The predicted molar refractivity (Wildman–Crippen MR) is 70.3 cm³/mol. The van der Waals surface area contributed by atoms with Gasteiger partial charge in [-0.3, -0.25) is 14.2 Å². The van der Waals surface area contributed by atoms with Gasteiger partial charge in [0.05, 0.1) is 12.2 Å². The third-order valence-corrected chi connectivity index (χ3v) is 3.61. The molecule has 9 nitrogen and oxygen atoms in total. The molecule has 2 rings (SSSR count). The van der Waals surface area contributed by atoms with Crippen molar-refractivity contribution in [3.05, 3.63) is 29.3 Å². The number of hydrogen-bond donors (Lipinski definition) is 4. The third-order valence-electron chi connectivity index (χ3n) is 3.11. The van der Waals surface area contributed by atoms with Gasteiger partial charge < -0.3 is 10.2 Å². The molecule has 1 aliphatic heterocycles. The highest BCUT2D eigenvalue weighted by Gasteiger charge is 2.34. The van der Waals surface area contributed by atoms with Gasteiger partial charge >= 0.3 is 22.4 Å². The van der Waals surface area contributed by atoms with Gasteiger partial charge in [0.15, 0.2) is 0 Å². The maximum absolute atomic E-state index is 11.1. The smallest absolute Gasteiger partial charge is 0.408 e. The largest absolute Gasteiger partial charge is 0.480 e. The molecule has 1 atom stereocenters. The molecule has 114 valence electrons. The van der Waals surface area contributed by atoms with Crippen molar-refractivity contribution in [1.29, 1.82) is 0 Å². The fraction of sp³-hybridized carbons (Fsp3) is 0.273. The molecule has 0 bridgehead atoms. The van der Waals surface area contributed by atoms with E-state index in [-0.39, 0.29) is 18.7 Å². The number of amides is 1. The summed E-state index contributed by atoms with van der Waals surface area (Å²) in [4.78, 5) is 23.0. The molecule has 0 spiro atoms. The Bertz CT molecular complexity index is 701. The molecule has 0 aliphatic carbocycles. The van der Waals surface area contributed by atoms with Crippen LogP contribution >= 0.6 is 0 Å². The molecule has 1 aromatic rings. The fourth-order valence-electron chi connectivity index (χ4n) is 2.22. The Morgan fingerprint density at radius 1 is 1.24 bits per heavy atom. The molecule has 1 heterocycles. The highest BCUT2D eigenvalue weighted by molar-refractivity contribution is 7.87. The molecule has 0 saturated heterocycles. The van der Waals surface area contributed by atoms with Crippen LogP contribution in [-0.4, -0.2) is 46.2 Å². The molecule has 0 aromatic heterocycles. The number of anilines is 1. The first-order valence-electron chi connectivity index (χ1n) is 5.77. The second-order valence-corrected chi connectivity index (χ2v) is 5.68. The van der Waals surface area contributed by atoms with Crippen LogP contribution in [-0.2, 0) is 28.1 Å². The number of fused-ring (bicyclic) bond motifs is 1. The van der Waals surface area contributed by atoms with Crippen LogP contribution in [0.3, 0.4) is 0 Å². The lowest BCUT2D eigenvalue weighted by Gasteiger charge is -2.32.